The van der Waals surface area contributed by atoms with Gasteiger partial charge in [0.1, 0.15) is 6.79 Å². The molecule has 5 heteroatoms. The lowest BCUT2D eigenvalue weighted by Crippen LogP contribution is -2.55. The molecule has 1 heterocycles. The highest BCUT2D eigenvalue weighted by Gasteiger charge is 2.46. The van der Waals surface area contributed by atoms with Crippen LogP contribution in [0.2, 0.25) is 0 Å². The molecule has 0 N–H and O–H groups in total. The summed E-state index contributed by atoms with van der Waals surface area (Å²) in [6, 6.07) is 10.2. The van der Waals surface area contributed by atoms with Gasteiger partial charge in [0, 0.05) is 19.4 Å². The zero-order valence-corrected chi connectivity index (χ0v) is 14.8. The second-order valence-electron chi connectivity index (χ2n) is 7.06. The number of ether oxygens (including phenoxy) is 5. The fourth-order valence-electron chi connectivity index (χ4n) is 3.51. The van der Waals surface area contributed by atoms with Crippen LogP contribution >= 0.6 is 0 Å². The van der Waals surface area contributed by atoms with E-state index in [1.54, 1.807) is 7.11 Å². The normalized spacial score (nSPS) is 32.3. The Morgan fingerprint density at radius 1 is 1.12 bits per heavy atom. The van der Waals surface area contributed by atoms with Gasteiger partial charge in [-0.15, -0.1) is 0 Å². The molecule has 2 aliphatic rings. The Bertz CT molecular complexity index is 504. The highest BCUT2D eigenvalue weighted by Crippen LogP contribution is 2.38. The molecule has 1 saturated heterocycles. The SMILES string of the molecule is COCO[C@@H]1C[C@H](OCc2ccccc2)CC2COC(C)(C)O[C@H]21. The van der Waals surface area contributed by atoms with Crippen LogP contribution in [-0.4, -0.2) is 44.6 Å². The van der Waals surface area contributed by atoms with Crippen molar-refractivity contribution in [3.8, 4) is 0 Å². The van der Waals surface area contributed by atoms with Gasteiger partial charge in [-0.05, 0) is 25.8 Å². The van der Waals surface area contributed by atoms with E-state index in [4.69, 9.17) is 23.7 Å². The topological polar surface area (TPSA) is 46.2 Å². The first-order chi connectivity index (χ1) is 11.6. The number of fused-ring (bicyclic) bond motifs is 1. The molecule has 1 aromatic rings. The maximum atomic E-state index is 6.15. The molecule has 1 aliphatic carbocycles. The molecule has 0 spiro atoms. The predicted octanol–water partition coefficient (Wildman–Crippen LogP) is 3.12. The molecule has 134 valence electrons. The van der Waals surface area contributed by atoms with Crippen LogP contribution in [0.1, 0.15) is 32.3 Å². The fourth-order valence-corrected chi connectivity index (χ4v) is 3.51. The smallest absolute Gasteiger partial charge is 0.163 e. The predicted molar refractivity (Wildman–Crippen MR) is 89.4 cm³/mol. The van der Waals surface area contributed by atoms with Gasteiger partial charge < -0.3 is 23.7 Å². The molecule has 5 nitrogen and oxygen atoms in total. The molecule has 0 amide bonds. The summed E-state index contributed by atoms with van der Waals surface area (Å²) in [5, 5.41) is 0. The molecule has 1 unspecified atom stereocenters. The molecule has 1 aliphatic heterocycles. The third kappa shape index (κ3) is 4.55. The number of rotatable bonds is 6. The molecule has 0 aromatic heterocycles. The molecule has 3 rings (SSSR count). The van der Waals surface area contributed by atoms with Crippen molar-refractivity contribution in [1.82, 2.24) is 0 Å². The number of benzene rings is 1. The Kier molecular flexibility index (Phi) is 5.89. The van der Waals surface area contributed by atoms with E-state index in [0.717, 1.165) is 12.8 Å². The molecule has 0 radical (unpaired) electrons. The standard InChI is InChI=1S/C19H28O5/c1-19(2)23-12-15-9-16(21-11-14-7-5-4-6-8-14)10-17(18(15)24-19)22-13-20-3/h4-8,15-18H,9-13H2,1-3H3/t15?,16-,17-,18-/m1/s1. The van der Waals surface area contributed by atoms with Gasteiger partial charge >= 0.3 is 0 Å². The highest BCUT2D eigenvalue weighted by molar-refractivity contribution is 5.13. The summed E-state index contributed by atoms with van der Waals surface area (Å²) in [7, 11) is 1.64. The monoisotopic (exact) mass is 336 g/mol. The van der Waals surface area contributed by atoms with Crippen LogP contribution < -0.4 is 0 Å². The summed E-state index contributed by atoms with van der Waals surface area (Å²) in [5.41, 5.74) is 1.19. The van der Waals surface area contributed by atoms with E-state index < -0.39 is 5.79 Å². The molecule has 0 bridgehead atoms. The maximum absolute atomic E-state index is 6.15. The molecule has 1 saturated carbocycles. The Morgan fingerprint density at radius 2 is 1.92 bits per heavy atom. The van der Waals surface area contributed by atoms with Crippen molar-refractivity contribution in [2.75, 3.05) is 20.5 Å². The summed E-state index contributed by atoms with van der Waals surface area (Å²) in [5.74, 6) is -0.275. The van der Waals surface area contributed by atoms with Gasteiger partial charge in [0.15, 0.2) is 5.79 Å². The molecule has 1 aromatic carbocycles. The van der Waals surface area contributed by atoms with E-state index in [2.05, 4.69) is 12.1 Å². The number of hydrogen-bond donors (Lipinski definition) is 0. The van der Waals surface area contributed by atoms with Crippen molar-refractivity contribution in [2.24, 2.45) is 5.92 Å². The Morgan fingerprint density at radius 3 is 2.67 bits per heavy atom. The number of methoxy groups -OCH3 is 1. The Balaban J connectivity index is 1.61. The fraction of sp³-hybridized carbons (Fsp3) is 0.684. The van der Waals surface area contributed by atoms with Gasteiger partial charge in [0.05, 0.1) is 31.5 Å². The lowest BCUT2D eigenvalue weighted by atomic mass is 9.82. The van der Waals surface area contributed by atoms with Crippen LogP contribution in [0, 0.1) is 5.92 Å². The lowest BCUT2D eigenvalue weighted by Gasteiger charge is -2.48. The van der Waals surface area contributed by atoms with E-state index in [0.29, 0.717) is 13.2 Å². The van der Waals surface area contributed by atoms with Crippen molar-refractivity contribution in [3.63, 3.8) is 0 Å². The van der Waals surface area contributed by atoms with Gasteiger partial charge in [0.25, 0.3) is 0 Å². The van der Waals surface area contributed by atoms with E-state index >= 15 is 0 Å². The summed E-state index contributed by atoms with van der Waals surface area (Å²) in [6.07, 6.45) is 1.88. The van der Waals surface area contributed by atoms with Crippen LogP contribution in [-0.2, 0) is 30.3 Å². The quantitative estimate of drug-likeness (QED) is 0.747. The molecule has 4 atom stereocenters. The van der Waals surface area contributed by atoms with E-state index in [1.165, 1.54) is 5.56 Å². The summed E-state index contributed by atoms with van der Waals surface area (Å²) >= 11 is 0. The highest BCUT2D eigenvalue weighted by atomic mass is 16.7. The van der Waals surface area contributed by atoms with Crippen LogP contribution in [0.15, 0.2) is 30.3 Å². The van der Waals surface area contributed by atoms with Crippen LogP contribution in [0.3, 0.4) is 0 Å². The summed E-state index contributed by atoms with van der Waals surface area (Å²) in [6.45, 7) is 5.47. The largest absolute Gasteiger partial charge is 0.373 e. The molecular weight excluding hydrogens is 308 g/mol. The number of hydrogen-bond acceptors (Lipinski definition) is 5. The molecule has 2 fully saturated rings. The minimum absolute atomic E-state index is 0.0282. The van der Waals surface area contributed by atoms with Crippen LogP contribution in [0.5, 0.6) is 0 Å². The summed E-state index contributed by atoms with van der Waals surface area (Å²) in [4.78, 5) is 0. The average molecular weight is 336 g/mol. The van der Waals surface area contributed by atoms with Crippen molar-refractivity contribution >= 4 is 0 Å². The second-order valence-corrected chi connectivity index (χ2v) is 7.06. The average Bonchev–Trinajstić information content (AvgIpc) is 2.58. The molecule has 24 heavy (non-hydrogen) atoms. The minimum atomic E-state index is -0.562. The van der Waals surface area contributed by atoms with Crippen LogP contribution in [0.4, 0.5) is 0 Å². The second kappa shape index (κ2) is 7.93. The Labute approximate surface area is 144 Å². The lowest BCUT2D eigenvalue weighted by molar-refractivity contribution is -0.327. The van der Waals surface area contributed by atoms with Gasteiger partial charge in [-0.1, -0.05) is 30.3 Å². The first-order valence-electron chi connectivity index (χ1n) is 8.65. The first-order valence-corrected chi connectivity index (χ1v) is 8.65. The van der Waals surface area contributed by atoms with Gasteiger partial charge in [-0.25, -0.2) is 0 Å². The van der Waals surface area contributed by atoms with Crippen LogP contribution in [0.25, 0.3) is 0 Å². The third-order valence-electron chi connectivity index (χ3n) is 4.69. The van der Waals surface area contributed by atoms with Gasteiger partial charge in [0.2, 0.25) is 0 Å². The van der Waals surface area contributed by atoms with Crippen molar-refractivity contribution < 1.29 is 23.7 Å². The first kappa shape index (κ1) is 17.8. The van der Waals surface area contributed by atoms with Crippen molar-refractivity contribution in [2.45, 2.75) is 57.4 Å². The Hall–Kier alpha value is -0.980. The van der Waals surface area contributed by atoms with E-state index in [9.17, 15) is 0 Å². The van der Waals surface area contributed by atoms with Gasteiger partial charge in [-0.3, -0.25) is 0 Å². The van der Waals surface area contributed by atoms with E-state index in [-0.39, 0.29) is 31.0 Å². The van der Waals surface area contributed by atoms with Gasteiger partial charge in [-0.2, -0.15) is 0 Å². The zero-order chi connectivity index (χ0) is 17.0. The molecular formula is C19H28O5. The third-order valence-corrected chi connectivity index (χ3v) is 4.69. The summed E-state index contributed by atoms with van der Waals surface area (Å²) < 4.78 is 29.1. The zero-order valence-electron chi connectivity index (χ0n) is 14.8. The minimum Gasteiger partial charge on any atom is -0.373 e. The maximum Gasteiger partial charge on any atom is 0.163 e. The van der Waals surface area contributed by atoms with E-state index in [1.807, 2.05) is 32.0 Å². The van der Waals surface area contributed by atoms with Crippen molar-refractivity contribution in [3.05, 3.63) is 35.9 Å². The van der Waals surface area contributed by atoms with Crippen molar-refractivity contribution in [1.29, 1.82) is 0 Å².